The highest BCUT2D eigenvalue weighted by Crippen LogP contribution is 2.41. The van der Waals surface area contributed by atoms with Crippen LogP contribution in [0.4, 0.5) is 11.4 Å². The molecule has 1 heterocycles. The van der Waals surface area contributed by atoms with E-state index in [4.69, 9.17) is 4.42 Å². The summed E-state index contributed by atoms with van der Waals surface area (Å²) < 4.78 is 6.03. The number of nitrogens with one attached hydrogen (secondary N) is 1. The number of hydrogen-bond acceptors (Lipinski definition) is 2. The van der Waals surface area contributed by atoms with Crippen molar-refractivity contribution in [1.29, 1.82) is 0 Å². The Morgan fingerprint density at radius 3 is 2.03 bits per heavy atom. The lowest BCUT2D eigenvalue weighted by atomic mass is 9.92. The fourth-order valence-corrected chi connectivity index (χ4v) is 5.07. The predicted octanol–water partition coefficient (Wildman–Crippen LogP) is 9.30. The number of fused-ring (bicyclic) bond motifs is 5. The molecule has 0 amide bonds. The van der Waals surface area contributed by atoms with E-state index in [0.717, 1.165) is 33.3 Å². The quantitative estimate of drug-likeness (QED) is 0.299. The van der Waals surface area contributed by atoms with Gasteiger partial charge in [0.05, 0.1) is 0 Å². The first-order valence-electron chi connectivity index (χ1n) is 11.5. The Morgan fingerprint density at radius 2 is 1.15 bits per heavy atom. The van der Waals surface area contributed by atoms with Crippen molar-refractivity contribution in [1.82, 2.24) is 0 Å². The van der Waals surface area contributed by atoms with Crippen LogP contribution in [0.15, 0.2) is 126 Å². The van der Waals surface area contributed by atoms with Gasteiger partial charge in [-0.2, -0.15) is 0 Å². The van der Waals surface area contributed by atoms with Gasteiger partial charge < -0.3 is 9.73 Å². The van der Waals surface area contributed by atoms with Gasteiger partial charge in [-0.25, -0.2) is 0 Å². The van der Waals surface area contributed by atoms with Crippen molar-refractivity contribution in [3.63, 3.8) is 0 Å². The molecule has 1 N–H and O–H groups in total. The maximum atomic E-state index is 6.03. The third-order valence-corrected chi connectivity index (χ3v) is 6.64. The van der Waals surface area contributed by atoms with Gasteiger partial charge in [-0.05, 0) is 57.4 Å². The number of benzene rings is 6. The van der Waals surface area contributed by atoms with Gasteiger partial charge in [-0.3, -0.25) is 0 Å². The summed E-state index contributed by atoms with van der Waals surface area (Å²) in [4.78, 5) is 0. The van der Waals surface area contributed by atoms with Crippen LogP contribution >= 0.6 is 0 Å². The number of rotatable bonds is 3. The molecule has 0 unspecified atom stereocenters. The van der Waals surface area contributed by atoms with Gasteiger partial charge in [0.2, 0.25) is 0 Å². The molecule has 160 valence electrons. The molecule has 0 spiro atoms. The molecule has 0 aliphatic rings. The molecule has 2 nitrogen and oxygen atoms in total. The van der Waals surface area contributed by atoms with Gasteiger partial charge in [0.15, 0.2) is 0 Å². The zero-order valence-corrected chi connectivity index (χ0v) is 18.5. The highest BCUT2D eigenvalue weighted by atomic mass is 16.3. The summed E-state index contributed by atoms with van der Waals surface area (Å²) in [6, 6.07) is 42.6. The van der Waals surface area contributed by atoms with Crippen LogP contribution in [-0.4, -0.2) is 0 Å². The Kier molecular flexibility index (Phi) is 4.18. The van der Waals surface area contributed by atoms with Gasteiger partial charge in [0, 0.05) is 27.7 Å². The van der Waals surface area contributed by atoms with E-state index in [2.05, 4.69) is 115 Å². The summed E-state index contributed by atoms with van der Waals surface area (Å²) in [6.07, 6.45) is 0. The Morgan fingerprint density at radius 1 is 0.471 bits per heavy atom. The van der Waals surface area contributed by atoms with E-state index in [0.29, 0.717) is 0 Å². The summed E-state index contributed by atoms with van der Waals surface area (Å²) in [6.45, 7) is 0. The van der Waals surface area contributed by atoms with Gasteiger partial charge in [0.1, 0.15) is 11.2 Å². The fraction of sp³-hybridized carbons (Fsp3) is 0. The van der Waals surface area contributed by atoms with Gasteiger partial charge in [-0.1, -0.05) is 91.0 Å². The fourth-order valence-electron chi connectivity index (χ4n) is 5.07. The van der Waals surface area contributed by atoms with Crippen LogP contribution in [0.3, 0.4) is 0 Å². The van der Waals surface area contributed by atoms with E-state index in [1.54, 1.807) is 0 Å². The van der Waals surface area contributed by atoms with Crippen molar-refractivity contribution in [2.24, 2.45) is 0 Å². The monoisotopic (exact) mass is 435 g/mol. The average molecular weight is 436 g/mol. The molecule has 2 heteroatoms. The standard InChI is InChI=1S/C32H21NO/c1-3-11-24-21(8-1)10-7-14-27(24)32-25-12-4-2-9-22(25)16-18-29(32)33-23-17-19-31-28(20-23)26-13-5-6-15-30(26)34-31/h1-20,33H. The summed E-state index contributed by atoms with van der Waals surface area (Å²) in [5, 5.41) is 10.9. The van der Waals surface area contributed by atoms with E-state index in [1.165, 1.54) is 32.7 Å². The molecule has 6 aromatic carbocycles. The zero-order valence-electron chi connectivity index (χ0n) is 18.5. The number of anilines is 2. The van der Waals surface area contributed by atoms with Gasteiger partial charge in [-0.15, -0.1) is 0 Å². The summed E-state index contributed by atoms with van der Waals surface area (Å²) >= 11 is 0. The lowest BCUT2D eigenvalue weighted by Gasteiger charge is -2.17. The minimum absolute atomic E-state index is 0.902. The normalized spacial score (nSPS) is 11.5. The molecule has 0 fully saturated rings. The number of furan rings is 1. The number of hydrogen-bond donors (Lipinski definition) is 1. The van der Waals surface area contributed by atoms with Crippen LogP contribution < -0.4 is 5.32 Å². The van der Waals surface area contributed by atoms with Crippen LogP contribution in [0.25, 0.3) is 54.6 Å². The first-order valence-corrected chi connectivity index (χ1v) is 11.5. The van der Waals surface area contributed by atoms with E-state index in [9.17, 15) is 0 Å². The third kappa shape index (κ3) is 2.96. The van der Waals surface area contributed by atoms with Gasteiger partial charge >= 0.3 is 0 Å². The SMILES string of the molecule is c1ccc2c(-c3c(Nc4ccc5oc6ccccc6c5c4)ccc4ccccc34)cccc2c1. The molecule has 0 atom stereocenters. The van der Waals surface area contributed by atoms with Crippen LogP contribution in [0.5, 0.6) is 0 Å². The van der Waals surface area contributed by atoms with Crippen LogP contribution in [-0.2, 0) is 0 Å². The molecule has 0 radical (unpaired) electrons. The van der Waals surface area contributed by atoms with E-state index < -0.39 is 0 Å². The zero-order chi connectivity index (χ0) is 22.5. The Labute approximate surface area is 197 Å². The lowest BCUT2D eigenvalue weighted by molar-refractivity contribution is 0.669. The maximum Gasteiger partial charge on any atom is 0.135 e. The first kappa shape index (κ1) is 19.0. The van der Waals surface area contributed by atoms with E-state index in [1.807, 2.05) is 12.1 Å². The van der Waals surface area contributed by atoms with Crippen LogP contribution in [0.2, 0.25) is 0 Å². The van der Waals surface area contributed by atoms with Crippen LogP contribution in [0.1, 0.15) is 0 Å². The first-order chi connectivity index (χ1) is 16.8. The van der Waals surface area contributed by atoms with E-state index >= 15 is 0 Å². The maximum absolute atomic E-state index is 6.03. The summed E-state index contributed by atoms with van der Waals surface area (Å²) in [5.41, 5.74) is 6.38. The van der Waals surface area contributed by atoms with Crippen molar-refractivity contribution in [2.45, 2.75) is 0 Å². The van der Waals surface area contributed by atoms with Gasteiger partial charge in [0.25, 0.3) is 0 Å². The van der Waals surface area contributed by atoms with Crippen molar-refractivity contribution in [3.05, 3.63) is 121 Å². The van der Waals surface area contributed by atoms with Crippen molar-refractivity contribution in [3.8, 4) is 11.1 Å². The second-order valence-electron chi connectivity index (χ2n) is 8.67. The number of para-hydroxylation sites is 1. The Balaban J connectivity index is 1.45. The topological polar surface area (TPSA) is 25.2 Å². The molecule has 1 aromatic heterocycles. The molecule has 7 aromatic rings. The molecule has 0 aliphatic carbocycles. The van der Waals surface area contributed by atoms with Crippen molar-refractivity contribution < 1.29 is 4.42 Å². The molecule has 7 rings (SSSR count). The highest BCUT2D eigenvalue weighted by Gasteiger charge is 2.14. The Bertz CT molecular complexity index is 1840. The third-order valence-electron chi connectivity index (χ3n) is 6.64. The second-order valence-corrected chi connectivity index (χ2v) is 8.67. The molecule has 0 aliphatic heterocycles. The molecule has 34 heavy (non-hydrogen) atoms. The second kappa shape index (κ2) is 7.50. The summed E-state index contributed by atoms with van der Waals surface area (Å²) in [5.74, 6) is 0. The largest absolute Gasteiger partial charge is 0.456 e. The summed E-state index contributed by atoms with van der Waals surface area (Å²) in [7, 11) is 0. The molecule has 0 bridgehead atoms. The van der Waals surface area contributed by atoms with Crippen molar-refractivity contribution in [2.75, 3.05) is 5.32 Å². The molecule has 0 saturated heterocycles. The molecular formula is C32H21NO. The highest BCUT2D eigenvalue weighted by molar-refractivity contribution is 6.11. The molecular weight excluding hydrogens is 414 g/mol. The van der Waals surface area contributed by atoms with Crippen molar-refractivity contribution >= 4 is 54.9 Å². The minimum Gasteiger partial charge on any atom is -0.456 e. The van der Waals surface area contributed by atoms with E-state index in [-0.39, 0.29) is 0 Å². The molecule has 0 saturated carbocycles. The lowest BCUT2D eigenvalue weighted by Crippen LogP contribution is -1.95. The smallest absolute Gasteiger partial charge is 0.135 e. The van der Waals surface area contributed by atoms with Crippen LogP contribution in [0, 0.1) is 0 Å². The minimum atomic E-state index is 0.902. The predicted molar refractivity (Wildman–Crippen MR) is 144 cm³/mol. The average Bonchev–Trinajstić information content (AvgIpc) is 3.26. The Hall–Kier alpha value is -4.56.